The lowest BCUT2D eigenvalue weighted by atomic mass is 10.1. The third-order valence-electron chi connectivity index (χ3n) is 3.31. The van der Waals surface area contributed by atoms with Crippen molar-refractivity contribution < 1.29 is 4.79 Å². The molecule has 0 radical (unpaired) electrons. The topological polar surface area (TPSA) is 66.0 Å². The minimum absolute atomic E-state index is 0.0956. The summed E-state index contributed by atoms with van der Waals surface area (Å²) in [6.45, 7) is 7.97. The molecule has 1 heterocycles. The molecule has 0 bridgehead atoms. The van der Waals surface area contributed by atoms with E-state index < -0.39 is 0 Å². The number of benzene rings is 1. The second kappa shape index (κ2) is 6.93. The molecule has 0 unspecified atom stereocenters. The summed E-state index contributed by atoms with van der Waals surface area (Å²) < 4.78 is 0. The molecule has 2 amide bonds. The highest BCUT2D eigenvalue weighted by atomic mass is 16.2. The van der Waals surface area contributed by atoms with Crippen molar-refractivity contribution in [3.05, 3.63) is 47.7 Å². The van der Waals surface area contributed by atoms with Crippen molar-refractivity contribution in [2.45, 2.75) is 33.7 Å². The third-order valence-corrected chi connectivity index (χ3v) is 3.31. The average Bonchev–Trinajstić information content (AvgIpc) is 2.45. The van der Waals surface area contributed by atoms with Gasteiger partial charge in [0.25, 0.3) is 0 Å². The van der Waals surface area contributed by atoms with Gasteiger partial charge >= 0.3 is 6.03 Å². The smallest absolute Gasteiger partial charge is 0.319 e. The fourth-order valence-electron chi connectivity index (χ4n) is 2.00. The predicted octanol–water partition coefficient (Wildman–Crippen LogP) is 3.97. The highest BCUT2D eigenvalue weighted by Gasteiger charge is 2.05. The summed E-state index contributed by atoms with van der Waals surface area (Å²) in [4.78, 5) is 15.9. The molecule has 1 aromatic carbocycles. The Morgan fingerprint density at radius 1 is 1.14 bits per heavy atom. The van der Waals surface area contributed by atoms with Gasteiger partial charge < -0.3 is 16.0 Å². The van der Waals surface area contributed by atoms with Crippen molar-refractivity contribution >= 4 is 23.2 Å². The van der Waals surface area contributed by atoms with Gasteiger partial charge in [-0.05, 0) is 57.0 Å². The van der Waals surface area contributed by atoms with Crippen molar-refractivity contribution in [1.82, 2.24) is 10.3 Å². The first-order chi connectivity index (χ1) is 10.5. The molecule has 0 aliphatic rings. The first kappa shape index (κ1) is 15.8. The molecule has 22 heavy (non-hydrogen) atoms. The summed E-state index contributed by atoms with van der Waals surface area (Å²) >= 11 is 0. The van der Waals surface area contributed by atoms with E-state index in [0.29, 0.717) is 5.69 Å². The second-order valence-corrected chi connectivity index (χ2v) is 5.56. The van der Waals surface area contributed by atoms with Gasteiger partial charge in [0.1, 0.15) is 5.82 Å². The lowest BCUT2D eigenvalue weighted by Gasteiger charge is -2.12. The number of aryl methyl sites for hydroxylation is 1. The fraction of sp³-hybridized carbons (Fsp3) is 0.294. The van der Waals surface area contributed by atoms with Crippen molar-refractivity contribution in [1.29, 1.82) is 0 Å². The third kappa shape index (κ3) is 4.22. The first-order valence-electron chi connectivity index (χ1n) is 7.32. The largest absolute Gasteiger partial charge is 0.340 e. The Labute approximate surface area is 131 Å². The number of rotatable bonds is 4. The standard InChI is InChI=1S/C17H22N4O/c1-11(2)19-17(22)20-14-8-9-16(18-10-14)21-15-7-5-6-12(3)13(15)4/h5-11H,1-4H3,(H,18,21)(H2,19,20,22). The highest BCUT2D eigenvalue weighted by molar-refractivity contribution is 5.89. The molecule has 0 saturated carbocycles. The zero-order chi connectivity index (χ0) is 16.1. The number of nitrogens with zero attached hydrogens (tertiary/aromatic N) is 1. The van der Waals surface area contributed by atoms with Crippen molar-refractivity contribution in [3.63, 3.8) is 0 Å². The van der Waals surface area contributed by atoms with Gasteiger partial charge in [0.05, 0.1) is 11.9 Å². The lowest BCUT2D eigenvalue weighted by Crippen LogP contribution is -2.34. The molecule has 5 heteroatoms. The molecule has 0 atom stereocenters. The van der Waals surface area contributed by atoms with E-state index in [-0.39, 0.29) is 12.1 Å². The minimum atomic E-state index is -0.230. The Hall–Kier alpha value is -2.56. The monoisotopic (exact) mass is 298 g/mol. The van der Waals surface area contributed by atoms with Crippen LogP contribution in [0.5, 0.6) is 0 Å². The Morgan fingerprint density at radius 3 is 2.55 bits per heavy atom. The highest BCUT2D eigenvalue weighted by Crippen LogP contribution is 2.22. The van der Waals surface area contributed by atoms with Gasteiger partial charge in [0.15, 0.2) is 0 Å². The molecule has 116 valence electrons. The molecular formula is C17H22N4O. The normalized spacial score (nSPS) is 10.4. The van der Waals surface area contributed by atoms with Crippen LogP contribution < -0.4 is 16.0 Å². The molecule has 5 nitrogen and oxygen atoms in total. The zero-order valence-electron chi connectivity index (χ0n) is 13.4. The van der Waals surface area contributed by atoms with Gasteiger partial charge in [-0.25, -0.2) is 9.78 Å². The van der Waals surface area contributed by atoms with Gasteiger partial charge in [0.2, 0.25) is 0 Å². The quantitative estimate of drug-likeness (QED) is 0.800. The van der Waals surface area contributed by atoms with Crippen LogP contribution >= 0.6 is 0 Å². The predicted molar refractivity (Wildman–Crippen MR) is 90.7 cm³/mol. The number of carbonyl (C=O) groups is 1. The van der Waals surface area contributed by atoms with Crippen LogP contribution in [0.1, 0.15) is 25.0 Å². The Bertz CT molecular complexity index is 650. The molecule has 0 aliphatic heterocycles. The van der Waals surface area contributed by atoms with E-state index in [0.717, 1.165) is 11.5 Å². The van der Waals surface area contributed by atoms with E-state index in [9.17, 15) is 4.79 Å². The van der Waals surface area contributed by atoms with Gasteiger partial charge in [-0.1, -0.05) is 12.1 Å². The molecule has 0 fully saturated rings. The van der Waals surface area contributed by atoms with Gasteiger partial charge in [0, 0.05) is 11.7 Å². The summed E-state index contributed by atoms with van der Waals surface area (Å²) in [6.07, 6.45) is 1.63. The van der Waals surface area contributed by atoms with Crippen LogP contribution in [-0.2, 0) is 0 Å². The number of amides is 2. The van der Waals surface area contributed by atoms with Crippen LogP contribution in [0.2, 0.25) is 0 Å². The SMILES string of the molecule is Cc1cccc(Nc2ccc(NC(=O)NC(C)C)cn2)c1C. The number of hydrogen-bond acceptors (Lipinski definition) is 3. The number of carbonyl (C=O) groups excluding carboxylic acids is 1. The fourth-order valence-corrected chi connectivity index (χ4v) is 2.00. The second-order valence-electron chi connectivity index (χ2n) is 5.56. The van der Waals surface area contributed by atoms with E-state index >= 15 is 0 Å². The number of aromatic nitrogens is 1. The number of anilines is 3. The maximum absolute atomic E-state index is 11.6. The maximum Gasteiger partial charge on any atom is 0.319 e. The maximum atomic E-state index is 11.6. The van der Waals surface area contributed by atoms with Crippen LogP contribution in [0.15, 0.2) is 36.5 Å². The van der Waals surface area contributed by atoms with Crippen molar-refractivity contribution in [3.8, 4) is 0 Å². The van der Waals surface area contributed by atoms with E-state index in [4.69, 9.17) is 0 Å². The zero-order valence-corrected chi connectivity index (χ0v) is 13.4. The molecule has 1 aromatic heterocycles. The molecule has 2 rings (SSSR count). The molecule has 0 spiro atoms. The van der Waals surface area contributed by atoms with Crippen molar-refractivity contribution in [2.75, 3.05) is 10.6 Å². The number of nitrogens with one attached hydrogen (secondary N) is 3. The summed E-state index contributed by atoms with van der Waals surface area (Å²) in [5.74, 6) is 0.739. The molecule has 2 aromatic rings. The van der Waals surface area contributed by atoms with E-state index in [1.807, 2.05) is 38.1 Å². The van der Waals surface area contributed by atoms with Gasteiger partial charge in [-0.2, -0.15) is 0 Å². The van der Waals surface area contributed by atoms with Crippen LogP contribution in [0.3, 0.4) is 0 Å². The average molecular weight is 298 g/mol. The summed E-state index contributed by atoms with van der Waals surface area (Å²) in [6, 6.07) is 9.63. The first-order valence-corrected chi connectivity index (χ1v) is 7.32. The molecule has 0 aliphatic carbocycles. The summed E-state index contributed by atoms with van der Waals surface area (Å²) in [7, 11) is 0. The Kier molecular flexibility index (Phi) is 4.99. The van der Waals surface area contributed by atoms with Crippen LogP contribution in [0, 0.1) is 13.8 Å². The van der Waals surface area contributed by atoms with Gasteiger partial charge in [-0.15, -0.1) is 0 Å². The van der Waals surface area contributed by atoms with E-state index in [2.05, 4.69) is 40.8 Å². The molecule has 0 saturated heterocycles. The Morgan fingerprint density at radius 2 is 1.91 bits per heavy atom. The van der Waals surface area contributed by atoms with E-state index in [1.165, 1.54) is 11.1 Å². The van der Waals surface area contributed by atoms with Gasteiger partial charge in [-0.3, -0.25) is 0 Å². The minimum Gasteiger partial charge on any atom is -0.340 e. The lowest BCUT2D eigenvalue weighted by molar-refractivity contribution is 0.250. The van der Waals surface area contributed by atoms with E-state index in [1.54, 1.807) is 6.20 Å². The summed E-state index contributed by atoms with van der Waals surface area (Å²) in [5.41, 5.74) is 4.12. The van der Waals surface area contributed by atoms with Crippen LogP contribution in [0.25, 0.3) is 0 Å². The molecular weight excluding hydrogens is 276 g/mol. The number of hydrogen-bond donors (Lipinski definition) is 3. The Balaban J connectivity index is 2.03. The van der Waals surface area contributed by atoms with Crippen LogP contribution in [-0.4, -0.2) is 17.1 Å². The van der Waals surface area contributed by atoms with Crippen molar-refractivity contribution in [2.24, 2.45) is 0 Å². The summed E-state index contributed by atoms with van der Waals surface area (Å²) in [5, 5.41) is 8.80. The van der Waals surface area contributed by atoms with Crippen LogP contribution in [0.4, 0.5) is 22.0 Å². The number of urea groups is 1. The molecule has 3 N–H and O–H groups in total. The number of pyridine rings is 1.